The molecule has 5 heteroatoms. The van der Waals surface area contributed by atoms with E-state index in [-0.39, 0.29) is 11.8 Å². The van der Waals surface area contributed by atoms with Crippen molar-refractivity contribution in [2.45, 2.75) is 26.2 Å². The van der Waals surface area contributed by atoms with E-state index in [1.807, 2.05) is 17.9 Å². The zero-order valence-corrected chi connectivity index (χ0v) is 11.7. The second-order valence-electron chi connectivity index (χ2n) is 4.91. The van der Waals surface area contributed by atoms with Gasteiger partial charge in [-0.2, -0.15) is 0 Å². The number of amides is 2. The van der Waals surface area contributed by atoms with Gasteiger partial charge in [0.1, 0.15) is 11.5 Å². The largest absolute Gasteiger partial charge is 0.462 e. The number of nitrogens with zero attached hydrogens (tertiary/aromatic N) is 1. The normalized spacial score (nSPS) is 14.9. The quantitative estimate of drug-likeness (QED) is 0.833. The van der Waals surface area contributed by atoms with E-state index in [1.54, 1.807) is 12.1 Å². The molecule has 1 aliphatic rings. The van der Waals surface area contributed by atoms with Gasteiger partial charge in [0.05, 0.1) is 0 Å². The average molecular weight is 276 g/mol. The molecule has 2 heterocycles. The third kappa shape index (κ3) is 4.26. The molecule has 0 saturated carbocycles. The standard InChI is InChI=1S/C15H20N2O3/c1-12-4-5-13(20-12)6-7-14(18)16-9-8-15(19)17-10-2-3-11-17/h4-7H,2-3,8-11H2,1H3,(H,16,18)/b7-6+. The van der Waals surface area contributed by atoms with Gasteiger partial charge < -0.3 is 14.6 Å². The fourth-order valence-corrected chi connectivity index (χ4v) is 2.18. The molecule has 0 unspecified atom stereocenters. The van der Waals surface area contributed by atoms with Crippen LogP contribution in [0.1, 0.15) is 30.8 Å². The Morgan fingerprint density at radius 2 is 2.10 bits per heavy atom. The monoisotopic (exact) mass is 276 g/mol. The molecule has 20 heavy (non-hydrogen) atoms. The number of furan rings is 1. The number of hydrogen-bond acceptors (Lipinski definition) is 3. The molecule has 2 amide bonds. The van der Waals surface area contributed by atoms with Crippen molar-refractivity contribution in [3.05, 3.63) is 29.7 Å². The topological polar surface area (TPSA) is 62.6 Å². The van der Waals surface area contributed by atoms with Crippen LogP contribution in [-0.4, -0.2) is 36.3 Å². The highest BCUT2D eigenvalue weighted by Gasteiger charge is 2.17. The van der Waals surface area contributed by atoms with Crippen LogP contribution in [-0.2, 0) is 9.59 Å². The van der Waals surface area contributed by atoms with Crippen LogP contribution >= 0.6 is 0 Å². The van der Waals surface area contributed by atoms with Crippen molar-refractivity contribution in [1.82, 2.24) is 10.2 Å². The minimum atomic E-state index is -0.215. The molecule has 1 N–H and O–H groups in total. The number of rotatable bonds is 5. The third-order valence-electron chi connectivity index (χ3n) is 3.26. The van der Waals surface area contributed by atoms with E-state index in [4.69, 9.17) is 4.42 Å². The maximum Gasteiger partial charge on any atom is 0.244 e. The Kier molecular flexibility index (Phi) is 4.98. The lowest BCUT2D eigenvalue weighted by molar-refractivity contribution is -0.130. The van der Waals surface area contributed by atoms with Gasteiger partial charge in [0.15, 0.2) is 0 Å². The van der Waals surface area contributed by atoms with E-state index in [0.717, 1.165) is 31.7 Å². The Morgan fingerprint density at radius 3 is 2.75 bits per heavy atom. The molecular weight excluding hydrogens is 256 g/mol. The molecule has 0 spiro atoms. The van der Waals surface area contributed by atoms with Gasteiger partial charge in [-0.25, -0.2) is 0 Å². The van der Waals surface area contributed by atoms with E-state index < -0.39 is 0 Å². The summed E-state index contributed by atoms with van der Waals surface area (Å²) >= 11 is 0. The third-order valence-corrected chi connectivity index (χ3v) is 3.26. The van der Waals surface area contributed by atoms with Crippen LogP contribution < -0.4 is 5.32 Å². The summed E-state index contributed by atoms with van der Waals surface area (Å²) in [4.78, 5) is 25.2. The Balaban J connectivity index is 1.67. The lowest BCUT2D eigenvalue weighted by atomic mass is 10.3. The molecule has 1 fully saturated rings. The van der Waals surface area contributed by atoms with Crippen LogP contribution in [0.25, 0.3) is 6.08 Å². The van der Waals surface area contributed by atoms with Crippen LogP contribution in [0.4, 0.5) is 0 Å². The molecule has 0 bridgehead atoms. The van der Waals surface area contributed by atoms with Crippen molar-refractivity contribution in [3.63, 3.8) is 0 Å². The van der Waals surface area contributed by atoms with Gasteiger partial charge in [-0.05, 0) is 38.0 Å². The average Bonchev–Trinajstić information content (AvgIpc) is 3.07. The Morgan fingerprint density at radius 1 is 1.35 bits per heavy atom. The molecule has 0 radical (unpaired) electrons. The summed E-state index contributed by atoms with van der Waals surface area (Å²) in [5.41, 5.74) is 0. The Hall–Kier alpha value is -2.04. The minimum Gasteiger partial charge on any atom is -0.462 e. The van der Waals surface area contributed by atoms with Crippen molar-refractivity contribution in [3.8, 4) is 0 Å². The van der Waals surface area contributed by atoms with E-state index in [2.05, 4.69) is 5.32 Å². The number of carbonyl (C=O) groups excluding carboxylic acids is 2. The predicted molar refractivity (Wildman–Crippen MR) is 75.9 cm³/mol. The van der Waals surface area contributed by atoms with Crippen molar-refractivity contribution in [2.75, 3.05) is 19.6 Å². The minimum absolute atomic E-state index is 0.119. The Labute approximate surface area is 118 Å². The second kappa shape index (κ2) is 6.93. The van der Waals surface area contributed by atoms with E-state index in [9.17, 15) is 9.59 Å². The SMILES string of the molecule is Cc1ccc(/C=C/C(=O)NCCC(=O)N2CCCC2)o1. The van der Waals surface area contributed by atoms with E-state index in [1.165, 1.54) is 6.08 Å². The second-order valence-corrected chi connectivity index (χ2v) is 4.91. The summed E-state index contributed by atoms with van der Waals surface area (Å²) in [5, 5.41) is 2.70. The first-order valence-electron chi connectivity index (χ1n) is 6.95. The van der Waals surface area contributed by atoms with Crippen LogP contribution in [0.15, 0.2) is 22.6 Å². The number of likely N-dealkylation sites (tertiary alicyclic amines) is 1. The van der Waals surface area contributed by atoms with E-state index in [0.29, 0.717) is 18.7 Å². The molecule has 1 aromatic heterocycles. The summed E-state index contributed by atoms with van der Waals surface area (Å²) in [6.07, 6.45) is 5.56. The molecule has 0 atom stereocenters. The zero-order valence-electron chi connectivity index (χ0n) is 11.7. The first-order valence-corrected chi connectivity index (χ1v) is 6.95. The van der Waals surface area contributed by atoms with Crippen molar-refractivity contribution >= 4 is 17.9 Å². The highest BCUT2D eigenvalue weighted by Crippen LogP contribution is 2.09. The lowest BCUT2D eigenvalue weighted by Gasteiger charge is -2.14. The lowest BCUT2D eigenvalue weighted by Crippen LogP contribution is -2.32. The van der Waals surface area contributed by atoms with Gasteiger partial charge in [0.25, 0.3) is 0 Å². The number of carbonyl (C=O) groups is 2. The summed E-state index contributed by atoms with van der Waals surface area (Å²) in [6.45, 7) is 3.92. The number of hydrogen-bond donors (Lipinski definition) is 1. The first-order chi connectivity index (χ1) is 9.65. The summed E-state index contributed by atoms with van der Waals surface area (Å²) in [6, 6.07) is 3.64. The maximum absolute atomic E-state index is 11.8. The molecule has 5 nitrogen and oxygen atoms in total. The summed E-state index contributed by atoms with van der Waals surface area (Å²) in [7, 11) is 0. The van der Waals surface area contributed by atoms with Crippen molar-refractivity contribution in [1.29, 1.82) is 0 Å². The molecule has 1 aliphatic heterocycles. The van der Waals surface area contributed by atoms with Crippen molar-refractivity contribution < 1.29 is 14.0 Å². The van der Waals surface area contributed by atoms with Gasteiger partial charge in [0.2, 0.25) is 11.8 Å². The molecule has 1 aromatic rings. The summed E-state index contributed by atoms with van der Waals surface area (Å²) < 4.78 is 5.32. The Bertz CT molecular complexity index is 499. The smallest absolute Gasteiger partial charge is 0.244 e. The molecule has 0 aliphatic carbocycles. The molecule has 0 aromatic carbocycles. The van der Waals surface area contributed by atoms with Gasteiger partial charge in [-0.15, -0.1) is 0 Å². The van der Waals surface area contributed by atoms with Crippen LogP contribution in [0.5, 0.6) is 0 Å². The number of aryl methyl sites for hydroxylation is 1. The highest BCUT2D eigenvalue weighted by atomic mass is 16.3. The summed E-state index contributed by atoms with van der Waals surface area (Å²) in [5.74, 6) is 1.36. The van der Waals surface area contributed by atoms with E-state index >= 15 is 0 Å². The zero-order chi connectivity index (χ0) is 14.4. The highest BCUT2D eigenvalue weighted by molar-refractivity contribution is 5.91. The van der Waals surface area contributed by atoms with Gasteiger partial charge in [-0.3, -0.25) is 9.59 Å². The van der Waals surface area contributed by atoms with Crippen LogP contribution in [0, 0.1) is 6.92 Å². The fraction of sp³-hybridized carbons (Fsp3) is 0.467. The molecule has 1 saturated heterocycles. The van der Waals surface area contributed by atoms with Crippen LogP contribution in [0.2, 0.25) is 0 Å². The van der Waals surface area contributed by atoms with Gasteiger partial charge >= 0.3 is 0 Å². The van der Waals surface area contributed by atoms with Crippen molar-refractivity contribution in [2.24, 2.45) is 0 Å². The molecule has 2 rings (SSSR count). The molecular formula is C15H20N2O3. The predicted octanol–water partition coefficient (Wildman–Crippen LogP) is 1.73. The molecule has 108 valence electrons. The number of nitrogens with one attached hydrogen (secondary N) is 1. The van der Waals surface area contributed by atoms with Gasteiger partial charge in [-0.1, -0.05) is 0 Å². The first kappa shape index (κ1) is 14.4. The van der Waals surface area contributed by atoms with Gasteiger partial charge in [0, 0.05) is 32.1 Å². The fourth-order valence-electron chi connectivity index (χ4n) is 2.18. The van der Waals surface area contributed by atoms with Crippen LogP contribution in [0.3, 0.4) is 0 Å². The maximum atomic E-state index is 11.8.